The smallest absolute Gasteiger partial charge is 0.217 e. The van der Waals surface area contributed by atoms with E-state index >= 15 is 0 Å². The second-order valence-corrected chi connectivity index (χ2v) is 10.7. The third-order valence-electron chi connectivity index (χ3n) is 6.26. The Morgan fingerprint density at radius 3 is 2.26 bits per heavy atom. The Labute approximate surface area is 202 Å². The van der Waals surface area contributed by atoms with Crippen molar-refractivity contribution in [3.8, 4) is 0 Å². The minimum atomic E-state index is -5.11. The minimum Gasteiger partial charge on any atom is -0.726 e. The van der Waals surface area contributed by atoms with Gasteiger partial charge in [0.25, 0.3) is 0 Å². The standard InChI is InChI=1S/C20H33NO13S/c1-10(22)21-14-16(25)19(4,13(34-18(14,2)3)7-32-35(28,29)30)8-31-9-20(5)15(24)11(23)6-12(33-20)17(26)27/h6,11,13-16,23-25H,7-9H2,1-5H3,(H,21,22)(H,26,27)(H,28,29,30)/p-2/t11-,13?,14?,15?,16+,19+,20+/m0/s1. The molecule has 0 saturated carbocycles. The molecule has 3 unspecified atom stereocenters. The molecule has 35 heavy (non-hydrogen) atoms. The molecule has 2 aliphatic heterocycles. The number of nitrogens with one attached hydrogen (secondary N) is 1. The van der Waals surface area contributed by atoms with E-state index in [1.54, 1.807) is 13.8 Å². The van der Waals surface area contributed by atoms with E-state index in [9.17, 15) is 43.0 Å². The van der Waals surface area contributed by atoms with Crippen molar-refractivity contribution < 1.29 is 61.4 Å². The van der Waals surface area contributed by atoms with E-state index in [1.165, 1.54) is 20.8 Å². The number of carbonyl (C=O) groups is 2. The van der Waals surface area contributed by atoms with Crippen molar-refractivity contribution in [1.29, 1.82) is 0 Å². The number of ether oxygens (including phenoxy) is 3. The van der Waals surface area contributed by atoms with Crippen LogP contribution in [0.25, 0.3) is 0 Å². The number of aliphatic carboxylic acids is 1. The molecule has 1 saturated heterocycles. The van der Waals surface area contributed by atoms with Gasteiger partial charge in [0.05, 0.1) is 43.7 Å². The average molecular weight is 526 g/mol. The molecule has 0 bridgehead atoms. The minimum absolute atomic E-state index is 0.417. The summed E-state index contributed by atoms with van der Waals surface area (Å²) in [6, 6.07) is -0.991. The van der Waals surface area contributed by atoms with E-state index in [-0.39, 0.29) is 0 Å². The fourth-order valence-corrected chi connectivity index (χ4v) is 4.49. The predicted octanol–water partition coefficient (Wildman–Crippen LogP) is -3.33. The molecule has 0 aliphatic carbocycles. The molecule has 0 spiro atoms. The van der Waals surface area contributed by atoms with Crippen LogP contribution in [0.3, 0.4) is 0 Å². The molecule has 0 radical (unpaired) electrons. The van der Waals surface area contributed by atoms with Crippen LogP contribution in [0.5, 0.6) is 0 Å². The summed E-state index contributed by atoms with van der Waals surface area (Å²) in [7, 11) is -5.11. The number of amides is 1. The van der Waals surface area contributed by atoms with Gasteiger partial charge in [-0.05, 0) is 26.8 Å². The second-order valence-electron chi connectivity index (χ2n) is 9.69. The van der Waals surface area contributed by atoms with Gasteiger partial charge in [-0.15, -0.1) is 0 Å². The lowest BCUT2D eigenvalue weighted by atomic mass is 9.70. The molecule has 4 N–H and O–H groups in total. The zero-order valence-corrected chi connectivity index (χ0v) is 20.7. The van der Waals surface area contributed by atoms with Gasteiger partial charge in [-0.25, -0.2) is 8.42 Å². The second kappa shape index (κ2) is 10.3. The van der Waals surface area contributed by atoms with Gasteiger partial charge < -0.3 is 49.3 Å². The van der Waals surface area contributed by atoms with Crippen LogP contribution in [0.1, 0.15) is 34.6 Å². The lowest BCUT2D eigenvalue weighted by Crippen LogP contribution is -2.71. The summed E-state index contributed by atoms with van der Waals surface area (Å²) in [5.41, 5.74) is -4.46. The molecule has 2 rings (SSSR count). The zero-order valence-electron chi connectivity index (χ0n) is 19.9. The number of carboxylic acids is 1. The molecule has 1 amide bonds. The monoisotopic (exact) mass is 525 g/mol. The highest BCUT2D eigenvalue weighted by Crippen LogP contribution is 2.42. The summed E-state index contributed by atoms with van der Waals surface area (Å²) < 4.78 is 54.3. The Balaban J connectivity index is 2.29. The van der Waals surface area contributed by atoms with E-state index in [0.717, 1.165) is 6.08 Å². The quantitative estimate of drug-likeness (QED) is 0.171. The van der Waals surface area contributed by atoms with Crippen molar-refractivity contribution >= 4 is 22.3 Å². The molecule has 15 heteroatoms. The van der Waals surface area contributed by atoms with Gasteiger partial charge >= 0.3 is 0 Å². The molecule has 202 valence electrons. The number of hydrogen-bond acceptors (Lipinski definition) is 13. The van der Waals surface area contributed by atoms with E-state index in [0.29, 0.717) is 0 Å². The summed E-state index contributed by atoms with van der Waals surface area (Å²) in [5.74, 6) is -2.91. The first-order chi connectivity index (χ1) is 15.8. The SMILES string of the molecule is CC(=O)NC1[C@@H](O)[C@](C)(COC[C@@]2(C)OC(C(=O)[O-])=C[C@H](O)C2O)C(COS(=O)(=O)[O-])OC1(C)C. The highest BCUT2D eigenvalue weighted by Gasteiger charge is 2.57. The number of aliphatic hydroxyl groups is 3. The van der Waals surface area contributed by atoms with Gasteiger partial charge in [0.2, 0.25) is 16.3 Å². The first kappa shape index (κ1) is 29.4. The lowest BCUT2D eigenvalue weighted by molar-refractivity contribution is -0.307. The van der Waals surface area contributed by atoms with Crippen LogP contribution < -0.4 is 10.4 Å². The van der Waals surface area contributed by atoms with Gasteiger partial charge in [-0.3, -0.25) is 8.98 Å². The first-order valence-electron chi connectivity index (χ1n) is 10.6. The third kappa shape index (κ3) is 6.68. The summed E-state index contributed by atoms with van der Waals surface area (Å²) in [6.45, 7) is 5.34. The highest BCUT2D eigenvalue weighted by molar-refractivity contribution is 7.80. The fraction of sp³-hybridized carbons (Fsp3) is 0.800. The Kier molecular flexibility index (Phi) is 8.61. The van der Waals surface area contributed by atoms with Gasteiger partial charge in [0.15, 0.2) is 5.60 Å². The van der Waals surface area contributed by atoms with Crippen molar-refractivity contribution in [3.05, 3.63) is 11.8 Å². The Bertz CT molecular complexity index is 951. The number of hydrogen-bond donors (Lipinski definition) is 4. The van der Waals surface area contributed by atoms with Crippen LogP contribution in [0, 0.1) is 5.41 Å². The molecule has 14 nitrogen and oxygen atoms in total. The van der Waals surface area contributed by atoms with Crippen molar-refractivity contribution in [2.45, 2.75) is 76.3 Å². The molecule has 2 heterocycles. The largest absolute Gasteiger partial charge is 0.726 e. The van der Waals surface area contributed by atoms with Gasteiger partial charge in [-0.1, -0.05) is 6.92 Å². The molecule has 0 aromatic heterocycles. The summed E-state index contributed by atoms with van der Waals surface area (Å²) >= 11 is 0. The van der Waals surface area contributed by atoms with Crippen LogP contribution in [-0.4, -0.2) is 102 Å². The summed E-state index contributed by atoms with van der Waals surface area (Å²) in [6.07, 6.45) is -5.05. The topological polar surface area (TPSA) is 224 Å². The Morgan fingerprint density at radius 1 is 1.14 bits per heavy atom. The third-order valence-corrected chi connectivity index (χ3v) is 6.69. The molecule has 7 atom stereocenters. The maximum Gasteiger partial charge on any atom is 0.217 e. The summed E-state index contributed by atoms with van der Waals surface area (Å²) in [5, 5.41) is 45.3. The summed E-state index contributed by atoms with van der Waals surface area (Å²) in [4.78, 5) is 22.9. The maximum absolute atomic E-state index is 11.7. The lowest BCUT2D eigenvalue weighted by Gasteiger charge is -2.55. The Morgan fingerprint density at radius 2 is 1.74 bits per heavy atom. The number of rotatable bonds is 9. The Hall–Kier alpha value is -1.85. The van der Waals surface area contributed by atoms with E-state index in [4.69, 9.17) is 14.2 Å². The number of aliphatic hydroxyl groups excluding tert-OH is 3. The maximum atomic E-state index is 11.7. The van der Waals surface area contributed by atoms with Crippen molar-refractivity contribution in [2.24, 2.45) is 5.41 Å². The first-order valence-corrected chi connectivity index (χ1v) is 11.9. The van der Waals surface area contributed by atoms with Gasteiger partial charge in [0, 0.05) is 12.3 Å². The van der Waals surface area contributed by atoms with Crippen molar-refractivity contribution in [2.75, 3.05) is 19.8 Å². The van der Waals surface area contributed by atoms with Crippen molar-refractivity contribution in [3.63, 3.8) is 0 Å². The van der Waals surface area contributed by atoms with Crippen LogP contribution in [0.2, 0.25) is 0 Å². The molecular weight excluding hydrogens is 494 g/mol. The van der Waals surface area contributed by atoms with Crippen LogP contribution in [0.4, 0.5) is 0 Å². The molecule has 1 fully saturated rings. The van der Waals surface area contributed by atoms with E-state index in [1.807, 2.05) is 0 Å². The van der Waals surface area contributed by atoms with E-state index < -0.39 is 94.9 Å². The molecular formula is C20H31NO13S-2. The highest BCUT2D eigenvalue weighted by atomic mass is 32.3. The van der Waals surface area contributed by atoms with E-state index in [2.05, 4.69) is 9.50 Å². The number of carbonyl (C=O) groups excluding carboxylic acids is 2. The predicted molar refractivity (Wildman–Crippen MR) is 112 cm³/mol. The fourth-order valence-electron chi connectivity index (χ4n) is 4.20. The van der Waals surface area contributed by atoms with Crippen LogP contribution in [0.15, 0.2) is 11.8 Å². The van der Waals surface area contributed by atoms with Crippen molar-refractivity contribution in [1.82, 2.24) is 5.32 Å². The van der Waals surface area contributed by atoms with Gasteiger partial charge in [0.1, 0.15) is 23.9 Å². The average Bonchev–Trinajstić information content (AvgIpc) is 2.70. The zero-order chi connectivity index (χ0) is 27.0. The van der Waals surface area contributed by atoms with Gasteiger partial charge in [-0.2, -0.15) is 0 Å². The number of carboxylic acid groups (broad SMARTS) is 1. The molecule has 0 aromatic carbocycles. The molecule has 2 aliphatic rings. The normalized spacial score (nSPS) is 37.2. The van der Waals surface area contributed by atoms with Crippen LogP contribution in [-0.2, 0) is 38.4 Å². The van der Waals surface area contributed by atoms with Crippen LogP contribution >= 0.6 is 0 Å². The molecule has 0 aromatic rings.